The summed E-state index contributed by atoms with van der Waals surface area (Å²) < 4.78 is 1.88. The Hall–Kier alpha value is -0.870. The molecule has 0 radical (unpaired) electrons. The Morgan fingerprint density at radius 2 is 2.33 bits per heavy atom. The molecule has 0 fully saturated rings. The zero-order chi connectivity index (χ0) is 11.3. The quantitative estimate of drug-likeness (QED) is 0.728. The van der Waals surface area contributed by atoms with Crippen LogP contribution in [0.25, 0.3) is 0 Å². The van der Waals surface area contributed by atoms with E-state index in [1.807, 2.05) is 24.7 Å². The Kier molecular flexibility index (Phi) is 4.29. The van der Waals surface area contributed by atoms with Crippen molar-refractivity contribution in [1.82, 2.24) is 15.1 Å². The molecule has 0 amide bonds. The minimum atomic E-state index is -0.154. The summed E-state index contributed by atoms with van der Waals surface area (Å²) in [7, 11) is 1.94. The highest BCUT2D eigenvalue weighted by molar-refractivity contribution is 5.00. The molecule has 4 heteroatoms. The van der Waals surface area contributed by atoms with Crippen molar-refractivity contribution in [3.63, 3.8) is 0 Å². The molecular weight excluding hydrogens is 190 g/mol. The van der Waals surface area contributed by atoms with Crippen molar-refractivity contribution >= 4 is 0 Å². The molecular formula is C11H21N3O. The Morgan fingerprint density at radius 3 is 2.80 bits per heavy atom. The summed E-state index contributed by atoms with van der Waals surface area (Å²) in [4.78, 5) is 0. The van der Waals surface area contributed by atoms with Gasteiger partial charge in [0.15, 0.2) is 0 Å². The lowest BCUT2D eigenvalue weighted by Gasteiger charge is -2.27. The van der Waals surface area contributed by atoms with Gasteiger partial charge in [-0.25, -0.2) is 0 Å². The van der Waals surface area contributed by atoms with E-state index in [1.54, 1.807) is 6.20 Å². The van der Waals surface area contributed by atoms with Crippen LogP contribution in [-0.4, -0.2) is 33.6 Å². The monoisotopic (exact) mass is 211 g/mol. The largest absolute Gasteiger partial charge is 0.394 e. The van der Waals surface area contributed by atoms with Crippen LogP contribution in [0.15, 0.2) is 12.3 Å². The highest BCUT2D eigenvalue weighted by atomic mass is 16.3. The summed E-state index contributed by atoms with van der Waals surface area (Å²) in [5, 5.41) is 16.7. The van der Waals surface area contributed by atoms with Crippen LogP contribution >= 0.6 is 0 Å². The molecule has 1 aromatic rings. The second kappa shape index (κ2) is 5.28. The Bertz CT molecular complexity index is 292. The lowest BCUT2D eigenvalue weighted by Crippen LogP contribution is -2.46. The molecule has 15 heavy (non-hydrogen) atoms. The highest BCUT2D eigenvalue weighted by Crippen LogP contribution is 2.07. The summed E-state index contributed by atoms with van der Waals surface area (Å²) in [5.74, 6) is 0. The number of nitrogens with zero attached hydrogens (tertiary/aromatic N) is 2. The van der Waals surface area contributed by atoms with Crippen molar-refractivity contribution in [2.75, 3.05) is 13.2 Å². The van der Waals surface area contributed by atoms with Crippen LogP contribution in [-0.2, 0) is 13.5 Å². The third-order valence-corrected chi connectivity index (χ3v) is 2.98. The number of rotatable bonds is 6. The van der Waals surface area contributed by atoms with E-state index in [4.69, 9.17) is 0 Å². The van der Waals surface area contributed by atoms with E-state index in [-0.39, 0.29) is 12.1 Å². The van der Waals surface area contributed by atoms with Crippen molar-refractivity contribution in [2.24, 2.45) is 7.05 Å². The van der Waals surface area contributed by atoms with Crippen LogP contribution in [0.5, 0.6) is 0 Å². The number of nitrogens with one attached hydrogen (secondary N) is 1. The molecule has 0 aliphatic carbocycles. The molecule has 0 bridgehead atoms. The van der Waals surface area contributed by atoms with E-state index in [0.717, 1.165) is 19.4 Å². The van der Waals surface area contributed by atoms with Gasteiger partial charge in [-0.1, -0.05) is 6.92 Å². The Morgan fingerprint density at radius 1 is 1.60 bits per heavy atom. The topological polar surface area (TPSA) is 50.1 Å². The molecule has 1 heterocycles. The normalized spacial score (nSPS) is 15.2. The molecule has 0 aliphatic rings. The maximum Gasteiger partial charge on any atom is 0.0610 e. The van der Waals surface area contributed by atoms with Gasteiger partial charge in [0.2, 0.25) is 0 Å². The smallest absolute Gasteiger partial charge is 0.0610 e. The minimum Gasteiger partial charge on any atom is -0.394 e. The molecule has 0 saturated carbocycles. The first-order valence-corrected chi connectivity index (χ1v) is 5.44. The Labute approximate surface area is 91.3 Å². The molecule has 86 valence electrons. The maximum absolute atomic E-state index is 9.22. The van der Waals surface area contributed by atoms with Crippen LogP contribution in [0.3, 0.4) is 0 Å². The van der Waals surface area contributed by atoms with E-state index in [0.29, 0.717) is 0 Å². The van der Waals surface area contributed by atoms with Crippen LogP contribution < -0.4 is 5.32 Å². The van der Waals surface area contributed by atoms with Crippen LogP contribution in [0.2, 0.25) is 0 Å². The highest BCUT2D eigenvalue weighted by Gasteiger charge is 2.19. The van der Waals surface area contributed by atoms with Gasteiger partial charge < -0.3 is 10.4 Å². The van der Waals surface area contributed by atoms with Gasteiger partial charge in [-0.3, -0.25) is 4.68 Å². The van der Waals surface area contributed by atoms with Gasteiger partial charge in [-0.15, -0.1) is 0 Å². The predicted octanol–water partition coefficient (Wildman–Crippen LogP) is 0.713. The molecule has 1 unspecified atom stereocenters. The predicted molar refractivity (Wildman–Crippen MR) is 60.7 cm³/mol. The fourth-order valence-corrected chi connectivity index (χ4v) is 1.43. The average Bonchev–Trinajstić information content (AvgIpc) is 2.64. The van der Waals surface area contributed by atoms with Crippen LogP contribution in [0.4, 0.5) is 0 Å². The first-order chi connectivity index (χ1) is 7.11. The van der Waals surface area contributed by atoms with Gasteiger partial charge in [0.25, 0.3) is 0 Å². The fourth-order valence-electron chi connectivity index (χ4n) is 1.43. The molecule has 0 spiro atoms. The average molecular weight is 211 g/mol. The number of aliphatic hydroxyl groups excluding tert-OH is 1. The number of aromatic nitrogens is 2. The summed E-state index contributed by atoms with van der Waals surface area (Å²) >= 11 is 0. The van der Waals surface area contributed by atoms with Gasteiger partial charge in [-0.05, 0) is 19.4 Å². The van der Waals surface area contributed by atoms with Crippen molar-refractivity contribution in [3.05, 3.63) is 18.0 Å². The van der Waals surface area contributed by atoms with E-state index in [1.165, 1.54) is 5.69 Å². The lowest BCUT2D eigenvalue weighted by molar-refractivity contribution is 0.171. The molecule has 1 aromatic heterocycles. The van der Waals surface area contributed by atoms with Crippen LogP contribution in [0.1, 0.15) is 26.0 Å². The second-order valence-corrected chi connectivity index (χ2v) is 4.20. The van der Waals surface area contributed by atoms with E-state index >= 15 is 0 Å². The van der Waals surface area contributed by atoms with Gasteiger partial charge >= 0.3 is 0 Å². The molecule has 0 saturated heterocycles. The summed E-state index contributed by atoms with van der Waals surface area (Å²) in [5.41, 5.74) is 1.05. The molecule has 0 aliphatic heterocycles. The number of aliphatic hydroxyl groups is 1. The zero-order valence-electron chi connectivity index (χ0n) is 9.82. The molecule has 4 nitrogen and oxygen atoms in total. The maximum atomic E-state index is 9.22. The zero-order valence-corrected chi connectivity index (χ0v) is 9.82. The SMILES string of the molecule is CCC(C)(CO)NCCc1ccnn1C. The molecule has 0 aromatic carbocycles. The van der Waals surface area contributed by atoms with Gasteiger partial charge in [0.1, 0.15) is 0 Å². The van der Waals surface area contributed by atoms with Gasteiger partial charge in [0, 0.05) is 37.4 Å². The van der Waals surface area contributed by atoms with E-state index in [2.05, 4.69) is 17.3 Å². The van der Waals surface area contributed by atoms with E-state index < -0.39 is 0 Å². The molecule has 1 rings (SSSR count). The lowest BCUT2D eigenvalue weighted by atomic mass is 10.0. The number of hydrogen-bond acceptors (Lipinski definition) is 3. The third kappa shape index (κ3) is 3.32. The Balaban J connectivity index is 2.36. The van der Waals surface area contributed by atoms with Crippen LogP contribution in [0, 0.1) is 0 Å². The molecule has 1 atom stereocenters. The number of hydrogen-bond donors (Lipinski definition) is 2. The molecule has 2 N–H and O–H groups in total. The summed E-state index contributed by atoms with van der Waals surface area (Å²) in [6.07, 6.45) is 3.67. The minimum absolute atomic E-state index is 0.154. The first kappa shape index (κ1) is 12.2. The summed E-state index contributed by atoms with van der Waals surface area (Å²) in [6.45, 7) is 5.16. The fraction of sp³-hybridized carbons (Fsp3) is 0.727. The summed E-state index contributed by atoms with van der Waals surface area (Å²) in [6, 6.07) is 2.02. The first-order valence-electron chi connectivity index (χ1n) is 5.44. The van der Waals surface area contributed by atoms with Crippen molar-refractivity contribution in [3.8, 4) is 0 Å². The van der Waals surface area contributed by atoms with Gasteiger partial charge in [-0.2, -0.15) is 5.10 Å². The number of aryl methyl sites for hydroxylation is 1. The van der Waals surface area contributed by atoms with Crippen molar-refractivity contribution in [2.45, 2.75) is 32.2 Å². The standard InChI is InChI=1S/C11H21N3O/c1-4-11(2,9-15)12-7-5-10-6-8-13-14(10)3/h6,8,12,15H,4-5,7,9H2,1-3H3. The van der Waals surface area contributed by atoms with Crippen molar-refractivity contribution < 1.29 is 5.11 Å². The third-order valence-electron chi connectivity index (χ3n) is 2.98. The van der Waals surface area contributed by atoms with Gasteiger partial charge in [0.05, 0.1) is 6.61 Å². The van der Waals surface area contributed by atoms with Crippen molar-refractivity contribution in [1.29, 1.82) is 0 Å². The van der Waals surface area contributed by atoms with E-state index in [9.17, 15) is 5.11 Å². The second-order valence-electron chi connectivity index (χ2n) is 4.20.